The molecular weight excluding hydrogens is 358 g/mol. The molecule has 1 aromatic carbocycles. The Kier molecular flexibility index (Phi) is 4.96. The molecule has 0 aliphatic carbocycles. The smallest absolute Gasteiger partial charge is 0.433 e. The van der Waals surface area contributed by atoms with Crippen LogP contribution in [0.5, 0.6) is 0 Å². The van der Waals surface area contributed by atoms with E-state index < -0.39 is 30.3 Å². The molecule has 0 radical (unpaired) electrons. The summed E-state index contributed by atoms with van der Waals surface area (Å²) in [6.07, 6.45) is -4.73. The van der Waals surface area contributed by atoms with Gasteiger partial charge in [-0.25, -0.2) is 9.97 Å². The Morgan fingerprint density at radius 3 is 2.48 bits per heavy atom. The zero-order chi connectivity index (χ0) is 17.2. The Morgan fingerprint density at radius 2 is 1.91 bits per heavy atom. The number of anilines is 1. The number of alkyl halides is 3. The van der Waals surface area contributed by atoms with Crippen molar-refractivity contribution in [3.05, 3.63) is 40.0 Å². The molecule has 2 aromatic rings. The Hall–Kier alpha value is -2.06. The fourth-order valence-corrected chi connectivity index (χ4v) is 2.17. The SMILES string of the molecule is O=C(O)CNc1nc(-c2ccc(Cl)cc2Cl)cc(C(F)(F)F)n1. The molecular formula is C13H8Cl2F3N3O2. The van der Waals surface area contributed by atoms with Crippen LogP contribution < -0.4 is 5.32 Å². The van der Waals surface area contributed by atoms with Crippen LogP contribution in [0.3, 0.4) is 0 Å². The highest BCUT2D eigenvalue weighted by Gasteiger charge is 2.34. The van der Waals surface area contributed by atoms with E-state index in [1.54, 1.807) is 0 Å². The van der Waals surface area contributed by atoms with E-state index in [1.807, 2.05) is 0 Å². The largest absolute Gasteiger partial charge is 0.480 e. The summed E-state index contributed by atoms with van der Waals surface area (Å²) in [6, 6.07) is 4.94. The number of hydrogen-bond acceptors (Lipinski definition) is 4. The van der Waals surface area contributed by atoms with Gasteiger partial charge in [-0.15, -0.1) is 0 Å². The van der Waals surface area contributed by atoms with E-state index in [0.717, 1.165) is 6.07 Å². The zero-order valence-corrected chi connectivity index (χ0v) is 12.7. The molecule has 23 heavy (non-hydrogen) atoms. The Labute approximate surface area is 138 Å². The first-order chi connectivity index (χ1) is 10.7. The normalized spacial score (nSPS) is 11.3. The molecule has 0 fully saturated rings. The minimum atomic E-state index is -4.73. The molecule has 0 aliphatic heterocycles. The highest BCUT2D eigenvalue weighted by atomic mass is 35.5. The summed E-state index contributed by atoms with van der Waals surface area (Å²) in [5.74, 6) is -1.74. The van der Waals surface area contributed by atoms with Crippen LogP contribution in [-0.4, -0.2) is 27.6 Å². The monoisotopic (exact) mass is 365 g/mol. The summed E-state index contributed by atoms with van der Waals surface area (Å²) in [5.41, 5.74) is -1.12. The molecule has 5 nitrogen and oxygen atoms in total. The lowest BCUT2D eigenvalue weighted by Crippen LogP contribution is -2.17. The van der Waals surface area contributed by atoms with Crippen LogP contribution in [0.15, 0.2) is 24.3 Å². The lowest BCUT2D eigenvalue weighted by atomic mass is 10.1. The minimum absolute atomic E-state index is 0.105. The van der Waals surface area contributed by atoms with E-state index >= 15 is 0 Å². The number of benzene rings is 1. The summed E-state index contributed by atoms with van der Waals surface area (Å²) in [7, 11) is 0. The van der Waals surface area contributed by atoms with Crippen molar-refractivity contribution >= 4 is 35.1 Å². The fraction of sp³-hybridized carbons (Fsp3) is 0.154. The van der Waals surface area contributed by atoms with Gasteiger partial charge < -0.3 is 10.4 Å². The van der Waals surface area contributed by atoms with Gasteiger partial charge in [0.15, 0.2) is 5.69 Å². The maximum atomic E-state index is 12.9. The molecule has 122 valence electrons. The van der Waals surface area contributed by atoms with E-state index in [9.17, 15) is 18.0 Å². The molecule has 0 saturated heterocycles. The van der Waals surface area contributed by atoms with Crippen LogP contribution in [0.4, 0.5) is 19.1 Å². The van der Waals surface area contributed by atoms with Gasteiger partial charge in [-0.3, -0.25) is 4.79 Å². The molecule has 1 heterocycles. The van der Waals surface area contributed by atoms with Crippen LogP contribution >= 0.6 is 23.2 Å². The predicted octanol–water partition coefficient (Wildman–Crippen LogP) is 3.97. The molecule has 0 unspecified atom stereocenters. The number of aromatic nitrogens is 2. The summed E-state index contributed by atoms with van der Waals surface area (Å²) in [5, 5.41) is 11.2. The molecule has 1 aromatic heterocycles. The van der Waals surface area contributed by atoms with E-state index in [2.05, 4.69) is 15.3 Å². The van der Waals surface area contributed by atoms with Gasteiger partial charge in [0.05, 0.1) is 10.7 Å². The quantitative estimate of drug-likeness (QED) is 0.857. The molecule has 0 amide bonds. The van der Waals surface area contributed by atoms with Crippen LogP contribution in [0.25, 0.3) is 11.3 Å². The number of carbonyl (C=O) groups is 1. The zero-order valence-electron chi connectivity index (χ0n) is 11.2. The molecule has 2 rings (SSSR count). The van der Waals surface area contributed by atoms with E-state index in [1.165, 1.54) is 18.2 Å². The number of nitrogens with one attached hydrogen (secondary N) is 1. The van der Waals surface area contributed by atoms with Gasteiger partial charge in [-0.1, -0.05) is 23.2 Å². The summed E-state index contributed by atoms with van der Waals surface area (Å²) in [6.45, 7) is -0.630. The van der Waals surface area contributed by atoms with Crippen molar-refractivity contribution in [2.45, 2.75) is 6.18 Å². The van der Waals surface area contributed by atoms with Crippen molar-refractivity contribution in [1.82, 2.24) is 9.97 Å². The van der Waals surface area contributed by atoms with Crippen LogP contribution in [0.2, 0.25) is 10.0 Å². The lowest BCUT2D eigenvalue weighted by molar-refractivity contribution is -0.141. The number of carboxylic acid groups (broad SMARTS) is 1. The van der Waals surface area contributed by atoms with Gasteiger partial charge in [0.2, 0.25) is 5.95 Å². The van der Waals surface area contributed by atoms with Crippen LogP contribution in [0.1, 0.15) is 5.69 Å². The second-order valence-corrected chi connectivity index (χ2v) is 5.17. The summed E-state index contributed by atoms with van der Waals surface area (Å²) in [4.78, 5) is 17.7. The maximum absolute atomic E-state index is 12.9. The molecule has 0 atom stereocenters. The van der Waals surface area contributed by atoms with Crippen molar-refractivity contribution in [2.24, 2.45) is 0 Å². The highest BCUT2D eigenvalue weighted by Crippen LogP contribution is 2.34. The van der Waals surface area contributed by atoms with Crippen molar-refractivity contribution in [3.8, 4) is 11.3 Å². The van der Waals surface area contributed by atoms with Crippen molar-refractivity contribution in [1.29, 1.82) is 0 Å². The number of rotatable bonds is 4. The van der Waals surface area contributed by atoms with Crippen molar-refractivity contribution in [3.63, 3.8) is 0 Å². The Bertz CT molecular complexity index is 754. The molecule has 0 bridgehead atoms. The lowest BCUT2D eigenvalue weighted by Gasteiger charge is -2.12. The van der Waals surface area contributed by atoms with Gasteiger partial charge >= 0.3 is 12.1 Å². The molecule has 0 saturated carbocycles. The average Bonchev–Trinajstić information content (AvgIpc) is 2.44. The third kappa shape index (κ3) is 4.46. The van der Waals surface area contributed by atoms with E-state index in [0.29, 0.717) is 5.02 Å². The average molecular weight is 366 g/mol. The van der Waals surface area contributed by atoms with Gasteiger partial charge in [0.1, 0.15) is 6.54 Å². The van der Waals surface area contributed by atoms with E-state index in [4.69, 9.17) is 28.3 Å². The number of aliphatic carboxylic acids is 1. The number of halogens is 5. The Morgan fingerprint density at radius 1 is 1.22 bits per heavy atom. The van der Waals surface area contributed by atoms with Crippen LogP contribution in [0, 0.1) is 0 Å². The van der Waals surface area contributed by atoms with E-state index in [-0.39, 0.29) is 16.3 Å². The first kappa shape index (κ1) is 17.3. The fourth-order valence-electron chi connectivity index (χ4n) is 1.66. The topological polar surface area (TPSA) is 75.1 Å². The highest BCUT2D eigenvalue weighted by molar-refractivity contribution is 6.36. The summed E-state index contributed by atoms with van der Waals surface area (Å²) >= 11 is 11.7. The standard InChI is InChI=1S/C13H8Cl2F3N3O2/c14-6-1-2-7(8(15)3-6)9-4-10(13(16,17)18)21-12(20-9)19-5-11(22)23/h1-4H,5H2,(H,22,23)(H,19,20,21). The third-order valence-corrected chi connectivity index (χ3v) is 3.17. The first-order valence-electron chi connectivity index (χ1n) is 6.04. The summed E-state index contributed by atoms with van der Waals surface area (Å²) < 4.78 is 38.8. The van der Waals surface area contributed by atoms with Gasteiger partial charge in [0.25, 0.3) is 0 Å². The van der Waals surface area contributed by atoms with Crippen molar-refractivity contribution in [2.75, 3.05) is 11.9 Å². The van der Waals surface area contributed by atoms with Gasteiger partial charge in [0, 0.05) is 10.6 Å². The molecule has 0 aliphatic rings. The second-order valence-electron chi connectivity index (χ2n) is 4.33. The number of nitrogens with zero attached hydrogens (tertiary/aromatic N) is 2. The predicted molar refractivity (Wildman–Crippen MR) is 78.6 cm³/mol. The van der Waals surface area contributed by atoms with Gasteiger partial charge in [-0.2, -0.15) is 13.2 Å². The van der Waals surface area contributed by atoms with Crippen LogP contribution in [-0.2, 0) is 11.0 Å². The molecule has 2 N–H and O–H groups in total. The molecule has 10 heteroatoms. The maximum Gasteiger partial charge on any atom is 0.433 e. The second kappa shape index (κ2) is 6.59. The minimum Gasteiger partial charge on any atom is -0.480 e. The van der Waals surface area contributed by atoms with Gasteiger partial charge in [-0.05, 0) is 24.3 Å². The van der Waals surface area contributed by atoms with Crippen molar-refractivity contribution < 1.29 is 23.1 Å². The number of carboxylic acids is 1. The third-order valence-electron chi connectivity index (χ3n) is 2.62. The Balaban J connectivity index is 2.53. The number of hydrogen-bond donors (Lipinski definition) is 2. The molecule has 0 spiro atoms. The first-order valence-corrected chi connectivity index (χ1v) is 6.80.